The van der Waals surface area contributed by atoms with Gasteiger partial charge >= 0.3 is 0 Å². The predicted octanol–water partition coefficient (Wildman–Crippen LogP) is 2.14. The maximum Gasteiger partial charge on any atom is 0.140 e. The van der Waals surface area contributed by atoms with Crippen LogP contribution in [0.5, 0.6) is 0 Å². The quantitative estimate of drug-likeness (QED) is 0.754. The maximum absolute atomic E-state index is 5.75. The fourth-order valence-electron chi connectivity index (χ4n) is 1.42. The molecular weight excluding hydrogens is 277 g/mol. The Balaban J connectivity index is 2.94. The third kappa shape index (κ3) is 1.29. The number of hydrogen-bond acceptors (Lipinski definition) is 2. The van der Waals surface area contributed by atoms with Crippen molar-refractivity contribution in [3.63, 3.8) is 0 Å². The number of nitrogens with two attached hydrogens (primary N) is 1. The fourth-order valence-corrected chi connectivity index (χ4v) is 1.91. The number of aromatic nitrogens is 2. The average Bonchev–Trinajstić information content (AvgIpc) is 2.32. The number of hydrogen-bond donors (Lipinski definition) is 1. The number of nitrogen functional groups attached to an aromatic ring is 1. The van der Waals surface area contributed by atoms with Crippen LogP contribution in [-0.4, -0.2) is 9.38 Å². The van der Waals surface area contributed by atoms with Crippen molar-refractivity contribution in [1.29, 1.82) is 0 Å². The van der Waals surface area contributed by atoms with E-state index in [-0.39, 0.29) is 0 Å². The van der Waals surface area contributed by atoms with Crippen LogP contribution < -0.4 is 5.73 Å². The van der Waals surface area contributed by atoms with Gasteiger partial charge in [-0.25, -0.2) is 4.98 Å². The smallest absolute Gasteiger partial charge is 0.140 e. The lowest BCUT2D eigenvalue weighted by Gasteiger charge is -2.00. The molecule has 2 rings (SSSR count). The molecule has 0 bridgehead atoms. The van der Waals surface area contributed by atoms with Gasteiger partial charge in [-0.15, -0.1) is 0 Å². The molecule has 0 aliphatic rings. The van der Waals surface area contributed by atoms with Crippen molar-refractivity contribution in [3.8, 4) is 0 Å². The highest BCUT2D eigenvalue weighted by Crippen LogP contribution is 2.19. The number of nitrogens with zero attached hydrogens (tertiary/aromatic N) is 2. The first-order valence-corrected chi connectivity index (χ1v) is 5.08. The summed E-state index contributed by atoms with van der Waals surface area (Å²) in [5.74, 6) is 0. The Bertz CT molecular complexity index is 473. The molecule has 13 heavy (non-hydrogen) atoms. The van der Waals surface area contributed by atoms with Crippen LogP contribution in [0, 0.1) is 17.5 Å². The van der Waals surface area contributed by atoms with Crippen LogP contribution in [-0.2, 0) is 0 Å². The van der Waals surface area contributed by atoms with E-state index in [1.54, 1.807) is 0 Å². The van der Waals surface area contributed by atoms with E-state index in [2.05, 4.69) is 27.6 Å². The molecule has 0 spiro atoms. The molecule has 0 unspecified atom stereocenters. The second-order valence-electron chi connectivity index (χ2n) is 3.14. The van der Waals surface area contributed by atoms with Gasteiger partial charge in [-0.3, -0.25) is 4.40 Å². The van der Waals surface area contributed by atoms with Gasteiger partial charge in [0.1, 0.15) is 9.35 Å². The van der Waals surface area contributed by atoms with Gasteiger partial charge in [0.25, 0.3) is 0 Å². The number of pyridine rings is 1. The highest BCUT2D eigenvalue weighted by atomic mass is 127. The Hall–Kier alpha value is -0.780. The first-order chi connectivity index (χ1) is 6.09. The lowest BCUT2D eigenvalue weighted by molar-refractivity contribution is 1.13. The van der Waals surface area contributed by atoms with E-state index in [9.17, 15) is 0 Å². The predicted molar refractivity (Wildman–Crippen MR) is 61.8 cm³/mol. The molecule has 0 saturated carbocycles. The summed E-state index contributed by atoms with van der Waals surface area (Å²) in [5.41, 5.74) is 9.69. The second kappa shape index (κ2) is 2.87. The summed E-state index contributed by atoms with van der Waals surface area (Å²) in [6.07, 6.45) is 1.91. The number of fused-ring (bicyclic) bond motifs is 1. The molecule has 3 nitrogen and oxygen atoms in total. The SMILES string of the molecule is Cc1nc2c(C)cc(N)cn2c1I. The van der Waals surface area contributed by atoms with E-state index < -0.39 is 0 Å². The number of aryl methyl sites for hydroxylation is 2. The van der Waals surface area contributed by atoms with Crippen LogP contribution >= 0.6 is 22.6 Å². The molecule has 0 saturated heterocycles. The number of anilines is 1. The molecule has 68 valence electrons. The van der Waals surface area contributed by atoms with Gasteiger partial charge in [0.05, 0.1) is 5.69 Å². The molecule has 0 amide bonds. The van der Waals surface area contributed by atoms with Crippen molar-refractivity contribution < 1.29 is 0 Å². The average molecular weight is 287 g/mol. The summed E-state index contributed by atoms with van der Waals surface area (Å²) in [5, 5.41) is 0. The molecule has 0 fully saturated rings. The Morgan fingerprint density at radius 3 is 2.85 bits per heavy atom. The highest BCUT2D eigenvalue weighted by molar-refractivity contribution is 14.1. The number of imidazole rings is 1. The zero-order chi connectivity index (χ0) is 9.59. The molecule has 0 atom stereocenters. The molecule has 2 N–H and O–H groups in total. The minimum Gasteiger partial charge on any atom is -0.398 e. The zero-order valence-corrected chi connectivity index (χ0v) is 9.66. The lowest BCUT2D eigenvalue weighted by atomic mass is 10.3. The zero-order valence-electron chi connectivity index (χ0n) is 7.50. The van der Waals surface area contributed by atoms with Gasteiger partial charge in [-0.2, -0.15) is 0 Å². The van der Waals surface area contributed by atoms with E-state index >= 15 is 0 Å². The number of halogens is 1. The summed E-state index contributed by atoms with van der Waals surface area (Å²) in [7, 11) is 0. The van der Waals surface area contributed by atoms with E-state index in [4.69, 9.17) is 5.73 Å². The van der Waals surface area contributed by atoms with E-state index in [1.165, 1.54) is 0 Å². The minimum atomic E-state index is 0.778. The molecule has 0 aliphatic heterocycles. The molecule has 2 heterocycles. The lowest BCUT2D eigenvalue weighted by Crippen LogP contribution is -1.94. The van der Waals surface area contributed by atoms with Crippen molar-refractivity contribution in [2.45, 2.75) is 13.8 Å². The molecule has 0 aliphatic carbocycles. The monoisotopic (exact) mass is 287 g/mol. The van der Waals surface area contributed by atoms with Gasteiger partial charge in [-0.05, 0) is 48.1 Å². The Morgan fingerprint density at radius 2 is 2.15 bits per heavy atom. The molecule has 0 radical (unpaired) electrons. The second-order valence-corrected chi connectivity index (χ2v) is 4.16. The van der Waals surface area contributed by atoms with Crippen molar-refractivity contribution in [3.05, 3.63) is 27.2 Å². The van der Waals surface area contributed by atoms with Crippen molar-refractivity contribution in [2.24, 2.45) is 0 Å². The van der Waals surface area contributed by atoms with Crippen molar-refractivity contribution in [2.75, 3.05) is 5.73 Å². The van der Waals surface area contributed by atoms with Gasteiger partial charge < -0.3 is 5.73 Å². The molecule has 2 aromatic heterocycles. The van der Waals surface area contributed by atoms with E-state index in [0.29, 0.717) is 0 Å². The summed E-state index contributed by atoms with van der Waals surface area (Å²) < 4.78 is 3.16. The highest BCUT2D eigenvalue weighted by Gasteiger charge is 2.07. The first kappa shape index (κ1) is 8.80. The van der Waals surface area contributed by atoms with Crippen LogP contribution in [0.2, 0.25) is 0 Å². The summed E-state index contributed by atoms with van der Waals surface area (Å²) in [6, 6.07) is 1.94. The Morgan fingerprint density at radius 1 is 1.46 bits per heavy atom. The van der Waals surface area contributed by atoms with Crippen LogP contribution in [0.25, 0.3) is 5.65 Å². The largest absolute Gasteiger partial charge is 0.398 e. The van der Waals surface area contributed by atoms with Gasteiger partial charge in [-0.1, -0.05) is 0 Å². The molecule has 4 heteroatoms. The molecular formula is C9H10IN3. The van der Waals surface area contributed by atoms with Gasteiger partial charge in [0.15, 0.2) is 0 Å². The molecule has 0 aromatic carbocycles. The summed E-state index contributed by atoms with van der Waals surface area (Å²) in [4.78, 5) is 4.45. The van der Waals surface area contributed by atoms with Crippen molar-refractivity contribution in [1.82, 2.24) is 9.38 Å². The number of rotatable bonds is 0. The third-order valence-corrected chi connectivity index (χ3v) is 3.33. The van der Waals surface area contributed by atoms with E-state index in [1.807, 2.05) is 30.5 Å². The van der Waals surface area contributed by atoms with Gasteiger partial charge in [0.2, 0.25) is 0 Å². The topological polar surface area (TPSA) is 43.3 Å². The Labute approximate surface area is 90.1 Å². The maximum atomic E-state index is 5.75. The summed E-state index contributed by atoms with van der Waals surface area (Å²) >= 11 is 2.28. The Kier molecular flexibility index (Phi) is 1.94. The summed E-state index contributed by atoms with van der Waals surface area (Å²) in [6.45, 7) is 4.03. The van der Waals surface area contributed by atoms with Crippen LogP contribution in [0.1, 0.15) is 11.3 Å². The fraction of sp³-hybridized carbons (Fsp3) is 0.222. The normalized spacial score (nSPS) is 11.0. The van der Waals surface area contributed by atoms with E-state index in [0.717, 1.165) is 26.3 Å². The van der Waals surface area contributed by atoms with Crippen LogP contribution in [0.15, 0.2) is 12.3 Å². The van der Waals surface area contributed by atoms with Gasteiger partial charge in [0, 0.05) is 11.9 Å². The van der Waals surface area contributed by atoms with Crippen LogP contribution in [0.4, 0.5) is 5.69 Å². The standard InChI is InChI=1S/C9H10IN3/c1-5-3-7(11)4-13-8(10)6(2)12-9(5)13/h3-4H,11H2,1-2H3. The first-order valence-electron chi connectivity index (χ1n) is 4.00. The minimum absolute atomic E-state index is 0.778. The molecule has 2 aromatic rings. The van der Waals surface area contributed by atoms with Crippen molar-refractivity contribution >= 4 is 33.9 Å². The van der Waals surface area contributed by atoms with Crippen LogP contribution in [0.3, 0.4) is 0 Å². The third-order valence-electron chi connectivity index (χ3n) is 2.03.